The Balaban J connectivity index is 1.55. The minimum atomic E-state index is -0.0525. The number of unbranched alkanes of at least 4 members (excludes halogenated alkanes) is 1. The van der Waals surface area contributed by atoms with Crippen LogP contribution >= 0.6 is 0 Å². The molecule has 2 aliphatic carbocycles. The van der Waals surface area contributed by atoms with Crippen LogP contribution in [0.1, 0.15) is 71.1 Å². The Morgan fingerprint density at radius 3 is 2.43 bits per heavy atom. The molecule has 1 unspecified atom stereocenters. The molecule has 0 saturated heterocycles. The van der Waals surface area contributed by atoms with Crippen molar-refractivity contribution in [2.75, 3.05) is 26.7 Å². The molecular formula is C18H36N2O. The summed E-state index contributed by atoms with van der Waals surface area (Å²) >= 11 is 0. The first-order chi connectivity index (χ1) is 10.1. The molecule has 0 aliphatic heterocycles. The summed E-state index contributed by atoms with van der Waals surface area (Å²) < 4.78 is 0. The van der Waals surface area contributed by atoms with E-state index in [1.165, 1.54) is 70.9 Å². The van der Waals surface area contributed by atoms with E-state index in [0.717, 1.165) is 12.3 Å². The molecule has 1 atom stereocenters. The fourth-order valence-electron chi connectivity index (χ4n) is 3.72. The van der Waals surface area contributed by atoms with E-state index in [1.807, 2.05) is 0 Å². The maximum Gasteiger partial charge on any atom is 0.0610 e. The maximum absolute atomic E-state index is 9.61. The number of aliphatic hydroxyl groups is 1. The Bertz CT molecular complexity index is 287. The van der Waals surface area contributed by atoms with Gasteiger partial charge >= 0.3 is 0 Å². The summed E-state index contributed by atoms with van der Waals surface area (Å²) in [6, 6.07) is 0.677. The Labute approximate surface area is 131 Å². The number of nitrogens with zero attached hydrogens (tertiary/aromatic N) is 1. The Hall–Kier alpha value is -0.120. The number of nitrogens with one attached hydrogen (secondary N) is 1. The second kappa shape index (κ2) is 8.50. The average Bonchev–Trinajstić information content (AvgIpc) is 3.28. The summed E-state index contributed by atoms with van der Waals surface area (Å²) in [6.45, 7) is 4.94. The fraction of sp³-hybridized carbons (Fsp3) is 1.00. The molecule has 0 aromatic carbocycles. The van der Waals surface area contributed by atoms with Crippen molar-refractivity contribution in [3.63, 3.8) is 0 Å². The first kappa shape index (κ1) is 17.2. The molecule has 2 N–H and O–H groups in total. The lowest BCUT2D eigenvalue weighted by molar-refractivity contribution is 0.158. The molecule has 2 saturated carbocycles. The smallest absolute Gasteiger partial charge is 0.0610 e. The van der Waals surface area contributed by atoms with Crippen molar-refractivity contribution < 1.29 is 5.11 Å². The molecular weight excluding hydrogens is 260 g/mol. The largest absolute Gasteiger partial charge is 0.394 e. The number of hydrogen-bond donors (Lipinski definition) is 2. The van der Waals surface area contributed by atoms with Crippen molar-refractivity contribution in [1.82, 2.24) is 10.2 Å². The monoisotopic (exact) mass is 296 g/mol. The molecule has 0 amide bonds. The number of aliphatic hydroxyl groups excluding tert-OH is 1. The highest BCUT2D eigenvalue weighted by Gasteiger charge is 2.31. The van der Waals surface area contributed by atoms with Crippen molar-refractivity contribution >= 4 is 0 Å². The quantitative estimate of drug-likeness (QED) is 0.608. The van der Waals surface area contributed by atoms with Gasteiger partial charge in [-0.15, -0.1) is 0 Å². The van der Waals surface area contributed by atoms with Crippen LogP contribution in [-0.2, 0) is 0 Å². The fourth-order valence-corrected chi connectivity index (χ4v) is 3.72. The van der Waals surface area contributed by atoms with E-state index in [4.69, 9.17) is 0 Å². The standard InChI is InChI=1S/C18H36N2O/c1-18(15-21,19-17-10-11-17)12-6-7-13-20(2)14-16-8-4-3-5-9-16/h16-17,19,21H,3-15H2,1-2H3. The Morgan fingerprint density at radius 2 is 1.81 bits per heavy atom. The van der Waals surface area contributed by atoms with Crippen molar-refractivity contribution in [1.29, 1.82) is 0 Å². The molecule has 0 radical (unpaired) electrons. The van der Waals surface area contributed by atoms with Gasteiger partial charge in [-0.1, -0.05) is 25.7 Å². The molecule has 0 aromatic rings. The van der Waals surface area contributed by atoms with Crippen LogP contribution in [0, 0.1) is 5.92 Å². The molecule has 3 nitrogen and oxygen atoms in total. The van der Waals surface area contributed by atoms with Crippen LogP contribution in [0.15, 0.2) is 0 Å². The van der Waals surface area contributed by atoms with Crippen molar-refractivity contribution in [3.05, 3.63) is 0 Å². The molecule has 0 bridgehead atoms. The number of hydrogen-bond acceptors (Lipinski definition) is 3. The van der Waals surface area contributed by atoms with E-state index in [9.17, 15) is 5.11 Å². The maximum atomic E-state index is 9.61. The molecule has 0 heterocycles. The van der Waals surface area contributed by atoms with E-state index >= 15 is 0 Å². The van der Waals surface area contributed by atoms with Gasteiger partial charge in [0.1, 0.15) is 0 Å². The van der Waals surface area contributed by atoms with Crippen molar-refractivity contribution in [2.24, 2.45) is 5.92 Å². The summed E-state index contributed by atoms with van der Waals surface area (Å²) in [5, 5.41) is 13.2. The molecule has 3 heteroatoms. The predicted molar refractivity (Wildman–Crippen MR) is 89.6 cm³/mol. The van der Waals surface area contributed by atoms with Crippen molar-refractivity contribution in [3.8, 4) is 0 Å². The SMILES string of the molecule is CN(CCCCC(C)(CO)NC1CC1)CC1CCCCC1. The van der Waals surface area contributed by atoms with Gasteiger partial charge in [0.05, 0.1) is 6.61 Å². The first-order valence-corrected chi connectivity index (χ1v) is 9.18. The average molecular weight is 296 g/mol. The van der Waals surface area contributed by atoms with Crippen LogP contribution < -0.4 is 5.32 Å². The summed E-state index contributed by atoms with van der Waals surface area (Å²) in [4.78, 5) is 2.53. The highest BCUT2D eigenvalue weighted by molar-refractivity contribution is 4.92. The third kappa shape index (κ3) is 6.66. The molecule has 0 spiro atoms. The van der Waals surface area contributed by atoms with Gasteiger partial charge in [0.2, 0.25) is 0 Å². The zero-order chi connectivity index (χ0) is 15.1. The lowest BCUT2D eigenvalue weighted by Crippen LogP contribution is -2.47. The normalized spacial score (nSPS) is 23.4. The van der Waals surface area contributed by atoms with Crippen LogP contribution in [0.5, 0.6) is 0 Å². The zero-order valence-electron chi connectivity index (χ0n) is 14.2. The summed E-state index contributed by atoms with van der Waals surface area (Å²) in [5.41, 5.74) is -0.0525. The van der Waals surface area contributed by atoms with Crippen LogP contribution in [0.3, 0.4) is 0 Å². The molecule has 2 aliphatic rings. The predicted octanol–water partition coefficient (Wildman–Crippen LogP) is 3.17. The Kier molecular flexibility index (Phi) is 6.97. The third-order valence-corrected chi connectivity index (χ3v) is 5.29. The highest BCUT2D eigenvalue weighted by atomic mass is 16.3. The van der Waals surface area contributed by atoms with E-state index in [1.54, 1.807) is 0 Å². The summed E-state index contributed by atoms with van der Waals surface area (Å²) in [7, 11) is 2.28. The minimum absolute atomic E-state index is 0.0525. The van der Waals surface area contributed by atoms with Gasteiger partial charge in [0, 0.05) is 18.1 Å². The molecule has 124 valence electrons. The van der Waals surface area contributed by atoms with Crippen LogP contribution in [0.25, 0.3) is 0 Å². The van der Waals surface area contributed by atoms with Gasteiger partial charge in [-0.25, -0.2) is 0 Å². The second-order valence-electron chi connectivity index (χ2n) is 7.86. The first-order valence-electron chi connectivity index (χ1n) is 9.18. The van der Waals surface area contributed by atoms with Gasteiger partial charge < -0.3 is 15.3 Å². The summed E-state index contributed by atoms with van der Waals surface area (Å²) in [5.74, 6) is 0.947. The van der Waals surface area contributed by atoms with Crippen LogP contribution in [0.2, 0.25) is 0 Å². The zero-order valence-corrected chi connectivity index (χ0v) is 14.2. The van der Waals surface area contributed by atoms with Crippen LogP contribution in [0.4, 0.5) is 0 Å². The second-order valence-corrected chi connectivity index (χ2v) is 7.86. The van der Waals surface area contributed by atoms with Gasteiger partial charge in [-0.3, -0.25) is 0 Å². The minimum Gasteiger partial charge on any atom is -0.394 e. The highest BCUT2D eigenvalue weighted by Crippen LogP contribution is 2.26. The lowest BCUT2D eigenvalue weighted by Gasteiger charge is -2.30. The molecule has 0 aromatic heterocycles. The molecule has 21 heavy (non-hydrogen) atoms. The van der Waals surface area contributed by atoms with Gasteiger partial charge in [0.15, 0.2) is 0 Å². The molecule has 2 rings (SSSR count). The number of rotatable bonds is 10. The van der Waals surface area contributed by atoms with Gasteiger partial charge in [-0.2, -0.15) is 0 Å². The van der Waals surface area contributed by atoms with Crippen LogP contribution in [-0.4, -0.2) is 48.3 Å². The Morgan fingerprint density at radius 1 is 1.10 bits per heavy atom. The third-order valence-electron chi connectivity index (χ3n) is 5.29. The van der Waals surface area contributed by atoms with E-state index < -0.39 is 0 Å². The topological polar surface area (TPSA) is 35.5 Å². The van der Waals surface area contributed by atoms with Crippen molar-refractivity contribution in [2.45, 2.75) is 82.7 Å². The van der Waals surface area contributed by atoms with E-state index in [0.29, 0.717) is 6.04 Å². The van der Waals surface area contributed by atoms with E-state index in [-0.39, 0.29) is 12.1 Å². The van der Waals surface area contributed by atoms with E-state index in [2.05, 4.69) is 24.2 Å². The van der Waals surface area contributed by atoms with Gasteiger partial charge in [-0.05, 0) is 65.0 Å². The summed E-state index contributed by atoms with van der Waals surface area (Å²) in [6.07, 6.45) is 13.4. The lowest BCUT2D eigenvalue weighted by atomic mass is 9.89. The van der Waals surface area contributed by atoms with Gasteiger partial charge in [0.25, 0.3) is 0 Å². The molecule has 2 fully saturated rings.